The van der Waals surface area contributed by atoms with E-state index < -0.39 is 6.35 Å². The van der Waals surface area contributed by atoms with Crippen LogP contribution in [0.15, 0.2) is 42.2 Å². The van der Waals surface area contributed by atoms with E-state index in [0.29, 0.717) is 37.6 Å². The predicted molar refractivity (Wildman–Crippen MR) is 123 cm³/mol. The second-order valence-corrected chi connectivity index (χ2v) is 9.79. The van der Waals surface area contributed by atoms with Crippen LogP contribution in [0.5, 0.6) is 0 Å². The van der Waals surface area contributed by atoms with Crippen LogP contribution in [-0.4, -0.2) is 26.0 Å². The minimum absolute atomic E-state index is 0.328. The average molecular weight is 648 g/mol. The molecule has 152 valence electrons. The van der Waals surface area contributed by atoms with Crippen LogP contribution in [0.1, 0.15) is 19.8 Å². The van der Waals surface area contributed by atoms with Crippen molar-refractivity contribution in [3.05, 3.63) is 53.8 Å². The molecule has 9 heteroatoms. The maximum Gasteiger partial charge on any atom is 0.210 e. The van der Waals surface area contributed by atoms with E-state index >= 15 is 0 Å². The SMILES string of the molecule is CCCCOC1N(c2c(Br)cc(F)cc2Br)CCN1c1c(Br)cc(F)cc1Br. The third-order valence-corrected chi connectivity index (χ3v) is 6.84. The van der Waals surface area contributed by atoms with Gasteiger partial charge in [-0.25, -0.2) is 8.78 Å². The van der Waals surface area contributed by atoms with Gasteiger partial charge in [-0.05, 0) is 94.4 Å². The molecule has 0 N–H and O–H groups in total. The van der Waals surface area contributed by atoms with Crippen molar-refractivity contribution in [3.8, 4) is 0 Å². The summed E-state index contributed by atoms with van der Waals surface area (Å²) in [4.78, 5) is 4.15. The van der Waals surface area contributed by atoms with E-state index in [1.54, 1.807) is 0 Å². The van der Waals surface area contributed by atoms with Crippen molar-refractivity contribution in [2.45, 2.75) is 26.1 Å². The predicted octanol–water partition coefficient (Wildman–Crippen LogP) is 7.44. The van der Waals surface area contributed by atoms with Gasteiger partial charge in [-0.1, -0.05) is 13.3 Å². The van der Waals surface area contributed by atoms with E-state index in [1.165, 1.54) is 24.3 Å². The summed E-state index contributed by atoms with van der Waals surface area (Å²) < 4.78 is 36.3. The van der Waals surface area contributed by atoms with Crippen LogP contribution in [0.4, 0.5) is 20.2 Å². The number of benzene rings is 2. The summed E-state index contributed by atoms with van der Waals surface area (Å²) in [5, 5.41) is 0. The van der Waals surface area contributed by atoms with Crippen molar-refractivity contribution in [3.63, 3.8) is 0 Å². The minimum atomic E-state index is -0.414. The van der Waals surface area contributed by atoms with Gasteiger partial charge in [0.25, 0.3) is 0 Å². The van der Waals surface area contributed by atoms with Gasteiger partial charge in [0.2, 0.25) is 6.35 Å². The Balaban J connectivity index is 2.02. The van der Waals surface area contributed by atoms with Crippen molar-refractivity contribution in [1.29, 1.82) is 0 Å². The monoisotopic (exact) mass is 644 g/mol. The Morgan fingerprint density at radius 3 is 1.61 bits per heavy atom. The van der Waals surface area contributed by atoms with Gasteiger partial charge < -0.3 is 14.5 Å². The third kappa shape index (κ3) is 4.74. The number of unbranched alkanes of at least 4 members (excludes halogenated alkanes) is 1. The highest BCUT2D eigenvalue weighted by Gasteiger charge is 2.37. The molecule has 0 spiro atoms. The van der Waals surface area contributed by atoms with E-state index in [1.807, 2.05) is 0 Å². The van der Waals surface area contributed by atoms with Crippen LogP contribution in [0.2, 0.25) is 0 Å². The number of ether oxygens (including phenoxy) is 1. The maximum atomic E-state index is 13.8. The van der Waals surface area contributed by atoms with Crippen LogP contribution in [-0.2, 0) is 4.74 Å². The molecule has 0 aromatic heterocycles. The molecule has 0 bridgehead atoms. The van der Waals surface area contributed by atoms with Gasteiger partial charge in [-0.15, -0.1) is 0 Å². The first-order valence-corrected chi connectivity index (χ1v) is 11.9. The largest absolute Gasteiger partial charge is 0.340 e. The molecule has 0 atom stereocenters. The van der Waals surface area contributed by atoms with Crippen molar-refractivity contribution in [1.82, 2.24) is 0 Å². The zero-order valence-corrected chi connectivity index (χ0v) is 21.3. The van der Waals surface area contributed by atoms with Gasteiger partial charge in [-0.3, -0.25) is 0 Å². The van der Waals surface area contributed by atoms with Crippen LogP contribution >= 0.6 is 63.7 Å². The summed E-state index contributed by atoms with van der Waals surface area (Å²) in [6.07, 6.45) is 1.53. The number of hydrogen-bond donors (Lipinski definition) is 0. The first-order chi connectivity index (χ1) is 13.3. The standard InChI is InChI=1S/C19H18Br4F2N2O/c1-2-3-6-28-19-26(17-13(20)7-11(24)8-14(17)21)4-5-27(19)18-15(22)9-12(25)10-16(18)23/h7-10,19H,2-6H2,1H3. The quantitative estimate of drug-likeness (QED) is 0.303. The summed E-state index contributed by atoms with van der Waals surface area (Å²) in [5.41, 5.74) is 1.64. The summed E-state index contributed by atoms with van der Waals surface area (Å²) in [6.45, 7) is 4.01. The molecule has 0 radical (unpaired) electrons. The lowest BCUT2D eigenvalue weighted by atomic mass is 10.3. The number of halogens is 6. The molecule has 3 nitrogen and oxygen atoms in total. The molecular formula is C19H18Br4F2N2O. The lowest BCUT2D eigenvalue weighted by molar-refractivity contribution is 0.0605. The second kappa shape index (κ2) is 9.73. The van der Waals surface area contributed by atoms with E-state index in [9.17, 15) is 8.78 Å². The topological polar surface area (TPSA) is 15.7 Å². The van der Waals surface area contributed by atoms with E-state index in [4.69, 9.17) is 4.74 Å². The fourth-order valence-corrected chi connectivity index (χ4v) is 6.35. The fourth-order valence-electron chi connectivity index (χ4n) is 3.18. The Hall–Kier alpha value is -0.220. The van der Waals surface area contributed by atoms with E-state index in [2.05, 4.69) is 80.4 Å². The first kappa shape index (κ1) is 22.5. The van der Waals surface area contributed by atoms with Gasteiger partial charge in [-0.2, -0.15) is 0 Å². The van der Waals surface area contributed by atoms with E-state index in [-0.39, 0.29) is 11.6 Å². The molecule has 0 unspecified atom stereocenters. The van der Waals surface area contributed by atoms with Gasteiger partial charge in [0.1, 0.15) is 11.6 Å². The Morgan fingerprint density at radius 1 is 0.857 bits per heavy atom. The summed E-state index contributed by atoms with van der Waals surface area (Å²) in [6, 6.07) is 5.76. The minimum Gasteiger partial charge on any atom is -0.340 e. The van der Waals surface area contributed by atoms with Gasteiger partial charge in [0, 0.05) is 31.0 Å². The molecule has 28 heavy (non-hydrogen) atoms. The number of hydrogen-bond acceptors (Lipinski definition) is 3. The number of nitrogens with zero attached hydrogens (tertiary/aromatic N) is 2. The third-order valence-electron chi connectivity index (χ3n) is 4.42. The normalized spacial score (nSPS) is 15.0. The molecular weight excluding hydrogens is 630 g/mol. The first-order valence-electron chi connectivity index (χ1n) is 8.77. The molecule has 1 fully saturated rings. The Morgan fingerprint density at radius 2 is 1.25 bits per heavy atom. The molecule has 1 aliphatic heterocycles. The zero-order valence-electron chi connectivity index (χ0n) is 15.0. The maximum absolute atomic E-state index is 13.8. The number of rotatable bonds is 6. The molecule has 0 saturated carbocycles. The molecule has 1 saturated heterocycles. The van der Waals surface area contributed by atoms with Crippen molar-refractivity contribution in [2.24, 2.45) is 0 Å². The summed E-state index contributed by atoms with van der Waals surface area (Å²) in [5.74, 6) is -0.656. The molecule has 0 aliphatic carbocycles. The molecule has 3 rings (SSSR count). The lowest BCUT2D eigenvalue weighted by Crippen LogP contribution is -2.42. The van der Waals surface area contributed by atoms with Crippen LogP contribution in [0.25, 0.3) is 0 Å². The van der Waals surface area contributed by atoms with Crippen LogP contribution < -0.4 is 9.80 Å². The molecule has 1 heterocycles. The van der Waals surface area contributed by atoms with Crippen LogP contribution in [0, 0.1) is 11.6 Å². The highest BCUT2D eigenvalue weighted by Crippen LogP contribution is 2.43. The highest BCUT2D eigenvalue weighted by atomic mass is 79.9. The lowest BCUT2D eigenvalue weighted by Gasteiger charge is -2.34. The molecule has 1 aliphatic rings. The Bertz CT molecular complexity index is 756. The smallest absolute Gasteiger partial charge is 0.210 e. The van der Waals surface area contributed by atoms with Gasteiger partial charge >= 0.3 is 0 Å². The van der Waals surface area contributed by atoms with Gasteiger partial charge in [0.15, 0.2) is 0 Å². The fraction of sp³-hybridized carbons (Fsp3) is 0.368. The Labute approximate surface area is 196 Å². The molecule has 2 aromatic rings. The zero-order chi connectivity index (χ0) is 20.4. The average Bonchev–Trinajstić information content (AvgIpc) is 2.97. The Kier molecular flexibility index (Phi) is 7.80. The van der Waals surface area contributed by atoms with Crippen molar-refractivity contribution in [2.75, 3.05) is 29.5 Å². The van der Waals surface area contributed by atoms with Crippen LogP contribution in [0.3, 0.4) is 0 Å². The highest BCUT2D eigenvalue weighted by molar-refractivity contribution is 9.11. The molecule has 2 aromatic carbocycles. The number of anilines is 2. The summed E-state index contributed by atoms with van der Waals surface area (Å²) in [7, 11) is 0. The van der Waals surface area contributed by atoms with Gasteiger partial charge in [0.05, 0.1) is 18.0 Å². The van der Waals surface area contributed by atoms with Crippen molar-refractivity contribution >= 4 is 75.1 Å². The second-order valence-electron chi connectivity index (χ2n) is 6.37. The van der Waals surface area contributed by atoms with E-state index in [0.717, 1.165) is 24.2 Å². The van der Waals surface area contributed by atoms with Crippen molar-refractivity contribution < 1.29 is 13.5 Å². The molecule has 0 amide bonds. The summed E-state index contributed by atoms with van der Waals surface area (Å²) >= 11 is 13.9.